The first-order valence-corrected chi connectivity index (χ1v) is 5.82. The van der Waals surface area contributed by atoms with Gasteiger partial charge in [0.2, 0.25) is 0 Å². The number of hydrogen-bond acceptors (Lipinski definition) is 4. The molecule has 1 fully saturated rings. The fourth-order valence-electron chi connectivity index (χ4n) is 1.30. The topological polar surface area (TPSA) is 43.4 Å². The molecule has 0 aromatic rings. The summed E-state index contributed by atoms with van der Waals surface area (Å²) in [5.74, 6) is 0.179. The molecule has 2 unspecified atom stereocenters. The number of thioether (sulfide) groups is 1. The molecule has 2 heterocycles. The third-order valence-corrected chi connectivity index (χ3v) is 5.26. The van der Waals surface area contributed by atoms with Gasteiger partial charge in [0.05, 0.1) is 6.61 Å². The van der Waals surface area contributed by atoms with Crippen molar-refractivity contribution in [2.75, 3.05) is 6.61 Å². The van der Waals surface area contributed by atoms with Crippen molar-refractivity contribution in [1.29, 1.82) is 0 Å². The minimum atomic E-state index is -3.26. The highest BCUT2D eigenvalue weighted by Crippen LogP contribution is 2.39. The Morgan fingerprint density at radius 1 is 1.55 bits per heavy atom. The molecule has 0 bridgehead atoms. The number of fused-ring (bicyclic) bond motifs is 1. The van der Waals surface area contributed by atoms with Crippen LogP contribution in [0.25, 0.3) is 0 Å². The highest BCUT2D eigenvalue weighted by atomic mass is 32.3. The maximum atomic E-state index is 11.2. The average molecular weight is 192 g/mol. The Balaban J connectivity index is 2.30. The molecule has 0 N–H and O–H groups in total. The Kier molecular flexibility index (Phi) is 1.74. The first kappa shape index (κ1) is 7.64. The summed E-state index contributed by atoms with van der Waals surface area (Å²) in [4.78, 5) is 0. The summed E-state index contributed by atoms with van der Waals surface area (Å²) in [6.07, 6.45) is 2.78. The fourth-order valence-corrected chi connectivity index (χ4v) is 4.19. The highest BCUT2D eigenvalue weighted by Gasteiger charge is 2.39. The Labute approximate surface area is 69.9 Å². The van der Waals surface area contributed by atoms with E-state index >= 15 is 0 Å². The minimum absolute atomic E-state index is 0.179. The number of hydrogen-bond donors (Lipinski definition) is 0. The monoisotopic (exact) mass is 192 g/mol. The van der Waals surface area contributed by atoms with Crippen molar-refractivity contribution in [3.63, 3.8) is 0 Å². The SMILES string of the molecule is O=S1(=O)OCCC2C=CSC21. The van der Waals surface area contributed by atoms with E-state index in [0.717, 1.165) is 6.42 Å². The van der Waals surface area contributed by atoms with Crippen LogP contribution in [0.5, 0.6) is 0 Å². The van der Waals surface area contributed by atoms with Crippen LogP contribution in [0.15, 0.2) is 11.5 Å². The van der Waals surface area contributed by atoms with Gasteiger partial charge in [-0.05, 0) is 11.8 Å². The lowest BCUT2D eigenvalue weighted by Crippen LogP contribution is -2.31. The third kappa shape index (κ3) is 1.21. The van der Waals surface area contributed by atoms with Crippen molar-refractivity contribution < 1.29 is 12.6 Å². The first-order chi connectivity index (χ1) is 5.20. The lowest BCUT2D eigenvalue weighted by molar-refractivity contribution is 0.268. The molecule has 0 saturated carbocycles. The van der Waals surface area contributed by atoms with Gasteiger partial charge in [0.25, 0.3) is 10.1 Å². The van der Waals surface area contributed by atoms with E-state index in [9.17, 15) is 8.42 Å². The van der Waals surface area contributed by atoms with Gasteiger partial charge >= 0.3 is 0 Å². The van der Waals surface area contributed by atoms with Gasteiger partial charge < -0.3 is 0 Å². The largest absolute Gasteiger partial charge is 0.280 e. The van der Waals surface area contributed by atoms with Gasteiger partial charge in [-0.1, -0.05) is 6.08 Å². The van der Waals surface area contributed by atoms with Crippen molar-refractivity contribution in [2.45, 2.75) is 11.0 Å². The minimum Gasteiger partial charge on any atom is -0.269 e. The van der Waals surface area contributed by atoms with Crippen LogP contribution in [0.2, 0.25) is 0 Å². The molecule has 3 nitrogen and oxygen atoms in total. The maximum Gasteiger partial charge on any atom is 0.280 e. The molecule has 2 aliphatic rings. The summed E-state index contributed by atoms with van der Waals surface area (Å²) in [5.41, 5.74) is 0. The smallest absolute Gasteiger partial charge is 0.269 e. The molecule has 62 valence electrons. The van der Waals surface area contributed by atoms with Gasteiger partial charge in [-0.2, -0.15) is 8.42 Å². The standard InChI is InChI=1S/C6H8O3S2/c7-11(8)6-5(1-3-9-11)2-4-10-6/h2,4-6H,1,3H2. The lowest BCUT2D eigenvalue weighted by Gasteiger charge is -2.23. The molecule has 0 aliphatic carbocycles. The van der Waals surface area contributed by atoms with E-state index in [1.807, 2.05) is 11.5 Å². The van der Waals surface area contributed by atoms with Crippen molar-refractivity contribution in [2.24, 2.45) is 5.92 Å². The predicted molar refractivity (Wildman–Crippen MR) is 43.5 cm³/mol. The van der Waals surface area contributed by atoms with Crippen molar-refractivity contribution in [1.82, 2.24) is 0 Å². The van der Waals surface area contributed by atoms with E-state index in [4.69, 9.17) is 4.18 Å². The van der Waals surface area contributed by atoms with Crippen LogP contribution < -0.4 is 0 Å². The summed E-state index contributed by atoms with van der Waals surface area (Å²) in [6.45, 7) is 0.342. The van der Waals surface area contributed by atoms with E-state index in [0.29, 0.717) is 6.61 Å². The molecule has 2 rings (SSSR count). The molecule has 1 saturated heterocycles. The Bertz CT molecular complexity index is 280. The molecule has 0 aromatic heterocycles. The van der Waals surface area contributed by atoms with Crippen molar-refractivity contribution in [3.05, 3.63) is 11.5 Å². The van der Waals surface area contributed by atoms with Gasteiger partial charge in [-0.25, -0.2) is 0 Å². The summed E-state index contributed by atoms with van der Waals surface area (Å²) in [6, 6.07) is 0. The predicted octanol–water partition coefficient (Wildman–Crippen LogP) is 0.939. The van der Waals surface area contributed by atoms with Crippen LogP contribution in [0, 0.1) is 5.92 Å². The zero-order valence-corrected chi connectivity index (χ0v) is 7.40. The molecule has 11 heavy (non-hydrogen) atoms. The van der Waals surface area contributed by atoms with Gasteiger partial charge in [0.1, 0.15) is 4.58 Å². The van der Waals surface area contributed by atoms with E-state index in [2.05, 4.69) is 0 Å². The van der Waals surface area contributed by atoms with Crippen molar-refractivity contribution in [3.8, 4) is 0 Å². The lowest BCUT2D eigenvalue weighted by atomic mass is 10.1. The summed E-state index contributed by atoms with van der Waals surface area (Å²) in [5, 5.41) is 1.85. The normalized spacial score (nSPS) is 40.4. The second kappa shape index (κ2) is 2.50. The zero-order valence-electron chi connectivity index (χ0n) is 5.76. The molecule has 2 aliphatic heterocycles. The molecule has 5 heteroatoms. The van der Waals surface area contributed by atoms with Gasteiger partial charge in [0, 0.05) is 5.92 Å². The number of rotatable bonds is 0. The fraction of sp³-hybridized carbons (Fsp3) is 0.667. The second-order valence-corrected chi connectivity index (χ2v) is 5.68. The molecular formula is C6H8O3S2. The van der Waals surface area contributed by atoms with E-state index in [-0.39, 0.29) is 10.5 Å². The molecule has 2 atom stereocenters. The zero-order chi connectivity index (χ0) is 7.90. The number of allylic oxidation sites excluding steroid dienone is 1. The molecule has 0 aromatic carbocycles. The van der Waals surface area contributed by atoms with Crippen LogP contribution in [0.1, 0.15) is 6.42 Å². The average Bonchev–Trinajstić information content (AvgIpc) is 2.34. The highest BCUT2D eigenvalue weighted by molar-refractivity contribution is 8.14. The quantitative estimate of drug-likeness (QED) is 0.536. The van der Waals surface area contributed by atoms with Crippen LogP contribution in [-0.4, -0.2) is 19.6 Å². The van der Waals surface area contributed by atoms with Crippen molar-refractivity contribution >= 4 is 21.9 Å². The third-order valence-electron chi connectivity index (χ3n) is 1.87. The van der Waals surface area contributed by atoms with Gasteiger partial charge in [0.15, 0.2) is 0 Å². The van der Waals surface area contributed by atoms with E-state index < -0.39 is 10.1 Å². The molecular weight excluding hydrogens is 184 g/mol. The summed E-state index contributed by atoms with van der Waals surface area (Å²) >= 11 is 1.34. The van der Waals surface area contributed by atoms with Gasteiger partial charge in [-0.15, -0.1) is 11.8 Å². The van der Waals surface area contributed by atoms with Crippen LogP contribution >= 0.6 is 11.8 Å². The van der Waals surface area contributed by atoms with Crippen LogP contribution in [0.3, 0.4) is 0 Å². The van der Waals surface area contributed by atoms with E-state index in [1.54, 1.807) is 0 Å². The Morgan fingerprint density at radius 3 is 3.09 bits per heavy atom. The first-order valence-electron chi connectivity index (χ1n) is 3.40. The van der Waals surface area contributed by atoms with Crippen LogP contribution in [0.4, 0.5) is 0 Å². The summed E-state index contributed by atoms with van der Waals surface area (Å²) < 4.78 is 26.7. The Hall–Kier alpha value is -0.000000000000000111. The molecule has 0 amide bonds. The molecule has 0 spiro atoms. The molecule has 0 radical (unpaired) electrons. The maximum absolute atomic E-state index is 11.2. The second-order valence-electron chi connectivity index (χ2n) is 2.60. The Morgan fingerprint density at radius 2 is 2.36 bits per heavy atom. The van der Waals surface area contributed by atoms with E-state index in [1.165, 1.54) is 11.8 Å². The summed E-state index contributed by atoms with van der Waals surface area (Å²) in [7, 11) is -3.26. The van der Waals surface area contributed by atoms with Crippen LogP contribution in [-0.2, 0) is 14.3 Å². The van der Waals surface area contributed by atoms with Gasteiger partial charge in [-0.3, -0.25) is 4.18 Å².